The molecule has 3 fully saturated rings. The molecule has 3 nitrogen and oxygen atoms in total. The molecule has 2 bridgehead atoms. The van der Waals surface area contributed by atoms with Gasteiger partial charge in [-0.1, -0.05) is 13.8 Å². The number of likely N-dealkylation sites (N-methyl/N-ethyl adjacent to an activating group) is 1. The molecule has 2 saturated heterocycles. The standard InChI is InChI=1S/C12H23NO2/c1-3-5-13(4-2)8-12-6-11(7-12,9-14)10-15-12/h14H,3-10H2,1-2H3. The lowest BCUT2D eigenvalue weighted by Crippen LogP contribution is -2.53. The van der Waals surface area contributed by atoms with E-state index >= 15 is 0 Å². The quantitative estimate of drug-likeness (QED) is 0.721. The highest BCUT2D eigenvalue weighted by molar-refractivity contribution is 5.12. The maximum absolute atomic E-state index is 9.28. The van der Waals surface area contributed by atoms with E-state index in [0.717, 1.165) is 39.1 Å². The van der Waals surface area contributed by atoms with Gasteiger partial charge in [-0.3, -0.25) is 0 Å². The van der Waals surface area contributed by atoms with Gasteiger partial charge in [0.25, 0.3) is 0 Å². The maximum Gasteiger partial charge on any atom is 0.0823 e. The van der Waals surface area contributed by atoms with Crippen LogP contribution in [0.5, 0.6) is 0 Å². The molecule has 2 aliphatic heterocycles. The van der Waals surface area contributed by atoms with Crippen molar-refractivity contribution in [1.82, 2.24) is 4.90 Å². The van der Waals surface area contributed by atoms with Gasteiger partial charge in [0.1, 0.15) is 0 Å². The summed E-state index contributed by atoms with van der Waals surface area (Å²) < 4.78 is 5.89. The van der Waals surface area contributed by atoms with Crippen LogP contribution >= 0.6 is 0 Å². The molecule has 88 valence electrons. The highest BCUT2D eigenvalue weighted by Gasteiger charge is 2.62. The van der Waals surface area contributed by atoms with Gasteiger partial charge in [0.15, 0.2) is 0 Å². The third-order valence-electron chi connectivity index (χ3n) is 3.91. The summed E-state index contributed by atoms with van der Waals surface area (Å²) in [5, 5.41) is 9.28. The molecule has 0 aromatic rings. The molecule has 0 unspecified atom stereocenters. The molecule has 3 heteroatoms. The molecule has 0 radical (unpaired) electrons. The molecule has 1 N–H and O–H groups in total. The summed E-state index contributed by atoms with van der Waals surface area (Å²) >= 11 is 0. The zero-order valence-corrected chi connectivity index (χ0v) is 9.96. The summed E-state index contributed by atoms with van der Waals surface area (Å²) in [6.45, 7) is 8.81. The molecule has 0 aromatic heterocycles. The van der Waals surface area contributed by atoms with Gasteiger partial charge in [-0.2, -0.15) is 0 Å². The summed E-state index contributed by atoms with van der Waals surface area (Å²) in [6, 6.07) is 0. The topological polar surface area (TPSA) is 32.7 Å². The highest BCUT2D eigenvalue weighted by Crippen LogP contribution is 2.57. The molecule has 3 rings (SSSR count). The van der Waals surface area contributed by atoms with E-state index in [9.17, 15) is 5.11 Å². The van der Waals surface area contributed by atoms with Crippen molar-refractivity contribution in [1.29, 1.82) is 0 Å². The Hall–Kier alpha value is -0.120. The fourth-order valence-electron chi connectivity index (χ4n) is 3.21. The highest BCUT2D eigenvalue weighted by atomic mass is 16.5. The summed E-state index contributed by atoms with van der Waals surface area (Å²) in [7, 11) is 0. The lowest BCUT2D eigenvalue weighted by atomic mass is 9.63. The first-order valence-electron chi connectivity index (χ1n) is 6.15. The molecule has 1 saturated carbocycles. The summed E-state index contributed by atoms with van der Waals surface area (Å²) in [5.74, 6) is 0. The third kappa shape index (κ3) is 1.93. The zero-order chi connectivity index (χ0) is 10.9. The van der Waals surface area contributed by atoms with Gasteiger partial charge in [0.05, 0.1) is 18.8 Å². The first-order chi connectivity index (χ1) is 7.17. The second kappa shape index (κ2) is 4.04. The Balaban J connectivity index is 1.86. The lowest BCUT2D eigenvalue weighted by Gasteiger charge is -2.45. The average Bonchev–Trinajstić information content (AvgIpc) is 2.72. The van der Waals surface area contributed by atoms with Crippen molar-refractivity contribution in [2.24, 2.45) is 5.41 Å². The first kappa shape index (κ1) is 11.4. The van der Waals surface area contributed by atoms with E-state index in [1.807, 2.05) is 0 Å². The minimum atomic E-state index is 0.0912. The second-order valence-corrected chi connectivity index (χ2v) is 5.35. The van der Waals surface area contributed by atoms with E-state index in [0.29, 0.717) is 6.61 Å². The van der Waals surface area contributed by atoms with Gasteiger partial charge in [0.2, 0.25) is 0 Å². The van der Waals surface area contributed by atoms with Crippen LogP contribution in [0.25, 0.3) is 0 Å². The van der Waals surface area contributed by atoms with Crippen molar-refractivity contribution in [3.8, 4) is 0 Å². The van der Waals surface area contributed by atoms with Crippen LogP contribution in [0.3, 0.4) is 0 Å². The molecule has 2 heterocycles. The van der Waals surface area contributed by atoms with Gasteiger partial charge >= 0.3 is 0 Å². The van der Waals surface area contributed by atoms with Gasteiger partial charge in [0, 0.05) is 12.0 Å². The molecule has 1 aliphatic carbocycles. The summed E-state index contributed by atoms with van der Waals surface area (Å²) in [4.78, 5) is 2.46. The minimum absolute atomic E-state index is 0.0912. The average molecular weight is 213 g/mol. The van der Waals surface area contributed by atoms with Crippen LogP contribution in [0.15, 0.2) is 0 Å². The number of fused-ring (bicyclic) bond motifs is 1. The van der Waals surface area contributed by atoms with Crippen molar-refractivity contribution in [3.63, 3.8) is 0 Å². The molecular weight excluding hydrogens is 190 g/mol. The van der Waals surface area contributed by atoms with Crippen LogP contribution < -0.4 is 0 Å². The number of aliphatic hydroxyl groups is 1. The third-order valence-corrected chi connectivity index (χ3v) is 3.91. The van der Waals surface area contributed by atoms with Crippen molar-refractivity contribution in [2.75, 3.05) is 32.8 Å². The molecule has 3 aliphatic rings. The SMILES string of the molecule is CCCN(CC)CC12CC(CO)(CO1)C2. The van der Waals surface area contributed by atoms with Crippen molar-refractivity contribution in [2.45, 2.75) is 38.7 Å². The van der Waals surface area contributed by atoms with Crippen LogP contribution in [0.4, 0.5) is 0 Å². The van der Waals surface area contributed by atoms with Crippen LogP contribution in [0, 0.1) is 5.41 Å². The van der Waals surface area contributed by atoms with Crippen molar-refractivity contribution >= 4 is 0 Å². The van der Waals surface area contributed by atoms with Gasteiger partial charge in [-0.15, -0.1) is 0 Å². The number of rotatable bonds is 6. The van der Waals surface area contributed by atoms with Crippen molar-refractivity contribution < 1.29 is 9.84 Å². The van der Waals surface area contributed by atoms with E-state index < -0.39 is 0 Å². The Morgan fingerprint density at radius 1 is 1.33 bits per heavy atom. The normalized spacial score (nSPS) is 38.4. The summed E-state index contributed by atoms with van der Waals surface area (Å²) in [5.41, 5.74) is 0.222. The van der Waals surface area contributed by atoms with Crippen LogP contribution in [0.1, 0.15) is 33.1 Å². The fourth-order valence-corrected chi connectivity index (χ4v) is 3.21. The lowest BCUT2D eigenvalue weighted by molar-refractivity contribution is -0.0516. The van der Waals surface area contributed by atoms with Gasteiger partial charge in [-0.05, 0) is 32.4 Å². The number of nitrogens with zero attached hydrogens (tertiary/aromatic N) is 1. The maximum atomic E-state index is 9.28. The monoisotopic (exact) mass is 213 g/mol. The Morgan fingerprint density at radius 3 is 2.53 bits per heavy atom. The number of ether oxygens (including phenoxy) is 1. The number of aliphatic hydroxyl groups excluding tert-OH is 1. The van der Waals surface area contributed by atoms with Crippen LogP contribution in [-0.4, -0.2) is 48.5 Å². The predicted molar refractivity (Wildman–Crippen MR) is 59.8 cm³/mol. The number of hydrogen-bond donors (Lipinski definition) is 1. The first-order valence-corrected chi connectivity index (χ1v) is 6.15. The molecule has 0 atom stereocenters. The second-order valence-electron chi connectivity index (χ2n) is 5.35. The minimum Gasteiger partial charge on any atom is -0.396 e. The fraction of sp³-hybridized carbons (Fsp3) is 1.00. The van der Waals surface area contributed by atoms with E-state index in [2.05, 4.69) is 18.7 Å². The number of hydrogen-bond acceptors (Lipinski definition) is 3. The Kier molecular flexibility index (Phi) is 3.06. The van der Waals surface area contributed by atoms with E-state index in [4.69, 9.17) is 4.74 Å². The van der Waals surface area contributed by atoms with Gasteiger partial charge in [-0.25, -0.2) is 0 Å². The predicted octanol–water partition coefficient (Wildman–Crippen LogP) is 1.26. The molecule has 15 heavy (non-hydrogen) atoms. The smallest absolute Gasteiger partial charge is 0.0823 e. The molecule has 0 amide bonds. The largest absolute Gasteiger partial charge is 0.396 e. The van der Waals surface area contributed by atoms with E-state index in [1.165, 1.54) is 6.42 Å². The molecule has 0 spiro atoms. The molecule has 0 aromatic carbocycles. The van der Waals surface area contributed by atoms with E-state index in [-0.39, 0.29) is 11.0 Å². The van der Waals surface area contributed by atoms with E-state index in [1.54, 1.807) is 0 Å². The Morgan fingerprint density at radius 2 is 2.07 bits per heavy atom. The van der Waals surface area contributed by atoms with Gasteiger partial charge < -0.3 is 14.7 Å². The van der Waals surface area contributed by atoms with Crippen LogP contribution in [-0.2, 0) is 4.74 Å². The summed E-state index contributed by atoms with van der Waals surface area (Å²) in [6.07, 6.45) is 3.34. The van der Waals surface area contributed by atoms with Crippen LogP contribution in [0.2, 0.25) is 0 Å². The Bertz CT molecular complexity index is 224. The Labute approximate surface area is 92.4 Å². The zero-order valence-electron chi connectivity index (χ0n) is 9.96. The van der Waals surface area contributed by atoms with Crippen molar-refractivity contribution in [3.05, 3.63) is 0 Å². The molecular formula is C12H23NO2.